The SMILES string of the molecule is N#CNC1=NC2(CCc3cc(-c4cncnc4)ccc3C2)CN1. The molecule has 2 N–H and O–H groups in total. The van der Waals surface area contributed by atoms with Crippen LogP contribution in [0.4, 0.5) is 0 Å². The van der Waals surface area contributed by atoms with E-state index in [0.717, 1.165) is 36.9 Å². The number of nitriles is 1. The predicted octanol–water partition coefficient (Wildman–Crippen LogP) is 1.40. The maximum atomic E-state index is 8.72. The third kappa shape index (κ3) is 2.50. The monoisotopic (exact) mass is 304 g/mol. The summed E-state index contributed by atoms with van der Waals surface area (Å²) in [7, 11) is 0. The summed E-state index contributed by atoms with van der Waals surface area (Å²) in [4.78, 5) is 12.9. The average Bonchev–Trinajstić information content (AvgIpc) is 2.98. The van der Waals surface area contributed by atoms with Crippen LogP contribution >= 0.6 is 0 Å². The number of fused-ring (bicyclic) bond motifs is 1. The molecule has 23 heavy (non-hydrogen) atoms. The van der Waals surface area contributed by atoms with Gasteiger partial charge in [0.1, 0.15) is 6.33 Å². The van der Waals surface area contributed by atoms with Gasteiger partial charge < -0.3 is 5.32 Å². The van der Waals surface area contributed by atoms with Crippen molar-refractivity contribution in [3.63, 3.8) is 0 Å². The number of hydrogen-bond acceptors (Lipinski definition) is 6. The molecule has 1 unspecified atom stereocenters. The number of aryl methyl sites for hydroxylation is 1. The van der Waals surface area contributed by atoms with Gasteiger partial charge >= 0.3 is 0 Å². The first kappa shape index (κ1) is 13.7. The van der Waals surface area contributed by atoms with Crippen molar-refractivity contribution in [3.8, 4) is 17.3 Å². The standard InChI is InChI=1S/C17H16N6/c18-10-22-16-21-9-17(23-16)4-3-13-5-12(1-2-14(13)6-17)15-7-19-11-20-8-15/h1-2,5,7-8,11H,3-4,6,9H2,(H2,21,22,23). The van der Waals surface area contributed by atoms with Crippen LogP contribution < -0.4 is 10.6 Å². The van der Waals surface area contributed by atoms with Crippen LogP contribution in [0.3, 0.4) is 0 Å². The highest BCUT2D eigenvalue weighted by Gasteiger charge is 2.38. The van der Waals surface area contributed by atoms with Gasteiger partial charge in [0.05, 0.1) is 5.54 Å². The van der Waals surface area contributed by atoms with Crippen LogP contribution in [-0.4, -0.2) is 28.0 Å². The molecule has 1 spiro atoms. The van der Waals surface area contributed by atoms with Crippen molar-refractivity contribution in [1.82, 2.24) is 20.6 Å². The molecule has 0 radical (unpaired) electrons. The topological polar surface area (TPSA) is 86.0 Å². The van der Waals surface area contributed by atoms with E-state index in [1.165, 1.54) is 11.1 Å². The first-order valence-electron chi connectivity index (χ1n) is 7.64. The molecule has 1 aliphatic heterocycles. The van der Waals surface area contributed by atoms with Crippen LogP contribution in [-0.2, 0) is 12.8 Å². The van der Waals surface area contributed by atoms with Gasteiger partial charge in [-0.2, -0.15) is 5.26 Å². The third-order valence-corrected chi connectivity index (χ3v) is 4.59. The van der Waals surface area contributed by atoms with E-state index in [1.807, 2.05) is 18.6 Å². The quantitative estimate of drug-likeness (QED) is 0.614. The van der Waals surface area contributed by atoms with Crippen LogP contribution in [0.1, 0.15) is 17.5 Å². The molecule has 1 aromatic heterocycles. The average molecular weight is 304 g/mol. The second-order valence-electron chi connectivity index (χ2n) is 6.06. The van der Waals surface area contributed by atoms with Gasteiger partial charge in [0.2, 0.25) is 5.96 Å². The number of nitrogens with one attached hydrogen (secondary N) is 2. The highest BCUT2D eigenvalue weighted by molar-refractivity contribution is 5.83. The van der Waals surface area contributed by atoms with Crippen molar-refractivity contribution in [2.24, 2.45) is 4.99 Å². The normalized spacial score (nSPS) is 22.0. The summed E-state index contributed by atoms with van der Waals surface area (Å²) < 4.78 is 0. The van der Waals surface area contributed by atoms with E-state index in [-0.39, 0.29) is 5.54 Å². The molecule has 6 nitrogen and oxygen atoms in total. The van der Waals surface area contributed by atoms with Gasteiger partial charge in [0.25, 0.3) is 0 Å². The zero-order chi connectivity index (χ0) is 15.7. The van der Waals surface area contributed by atoms with Crippen LogP contribution in [0.15, 0.2) is 41.9 Å². The molecule has 0 bridgehead atoms. The van der Waals surface area contributed by atoms with Gasteiger partial charge in [-0.15, -0.1) is 0 Å². The number of rotatable bonds is 1. The van der Waals surface area contributed by atoms with Crippen molar-refractivity contribution < 1.29 is 0 Å². The molecule has 4 rings (SSSR count). The summed E-state index contributed by atoms with van der Waals surface area (Å²) >= 11 is 0. The molecule has 114 valence electrons. The van der Waals surface area contributed by atoms with Crippen LogP contribution in [0.2, 0.25) is 0 Å². The van der Waals surface area contributed by atoms with Gasteiger partial charge in [-0.3, -0.25) is 5.32 Å². The molecule has 6 heteroatoms. The van der Waals surface area contributed by atoms with E-state index in [2.05, 4.69) is 38.8 Å². The summed E-state index contributed by atoms with van der Waals surface area (Å²) in [5, 5.41) is 14.5. The Hall–Kier alpha value is -2.94. The molecule has 2 aliphatic rings. The van der Waals surface area contributed by atoms with Crippen LogP contribution in [0.25, 0.3) is 11.1 Å². The van der Waals surface area contributed by atoms with E-state index >= 15 is 0 Å². The molecule has 0 fully saturated rings. The Morgan fingerprint density at radius 3 is 2.87 bits per heavy atom. The molecule has 0 saturated carbocycles. The first-order chi connectivity index (χ1) is 11.3. The van der Waals surface area contributed by atoms with Crippen molar-refractivity contribution in [2.75, 3.05) is 6.54 Å². The maximum absolute atomic E-state index is 8.72. The number of aromatic nitrogens is 2. The van der Waals surface area contributed by atoms with Crippen molar-refractivity contribution in [1.29, 1.82) is 5.26 Å². The van der Waals surface area contributed by atoms with Crippen molar-refractivity contribution >= 4 is 5.96 Å². The lowest BCUT2D eigenvalue weighted by Gasteiger charge is -2.31. The summed E-state index contributed by atoms with van der Waals surface area (Å²) in [5.74, 6) is 0.592. The lowest BCUT2D eigenvalue weighted by Crippen LogP contribution is -2.39. The molecule has 2 heterocycles. The second kappa shape index (κ2) is 5.36. The Bertz CT molecular complexity index is 808. The highest BCUT2D eigenvalue weighted by atomic mass is 15.2. The van der Waals surface area contributed by atoms with Crippen molar-refractivity contribution in [3.05, 3.63) is 48.0 Å². The minimum absolute atomic E-state index is 0.121. The minimum atomic E-state index is -0.121. The fourth-order valence-corrected chi connectivity index (χ4v) is 3.40. The van der Waals surface area contributed by atoms with Crippen LogP contribution in [0, 0.1) is 11.5 Å². The molecular formula is C17H16N6. The fraction of sp³-hybridized carbons (Fsp3) is 0.294. The number of hydrogen-bond donors (Lipinski definition) is 2. The lowest BCUT2D eigenvalue weighted by atomic mass is 9.78. The smallest absolute Gasteiger partial charge is 0.205 e. The Morgan fingerprint density at radius 1 is 1.17 bits per heavy atom. The lowest BCUT2D eigenvalue weighted by molar-refractivity contribution is 0.394. The third-order valence-electron chi connectivity index (χ3n) is 4.59. The first-order valence-corrected chi connectivity index (χ1v) is 7.64. The highest BCUT2D eigenvalue weighted by Crippen LogP contribution is 2.35. The summed E-state index contributed by atoms with van der Waals surface area (Å²) in [5.41, 5.74) is 4.77. The molecule has 1 aromatic carbocycles. The van der Waals surface area contributed by atoms with Gasteiger partial charge in [-0.25, -0.2) is 15.0 Å². The van der Waals surface area contributed by atoms with Crippen molar-refractivity contribution in [2.45, 2.75) is 24.8 Å². The number of nitrogens with zero attached hydrogens (tertiary/aromatic N) is 4. The Balaban J connectivity index is 1.61. The van der Waals surface area contributed by atoms with Gasteiger partial charge in [0.15, 0.2) is 6.19 Å². The summed E-state index contributed by atoms with van der Waals surface area (Å²) in [6.45, 7) is 0.782. The Morgan fingerprint density at radius 2 is 2.04 bits per heavy atom. The molecule has 2 aromatic rings. The Labute approximate surface area is 134 Å². The summed E-state index contributed by atoms with van der Waals surface area (Å²) in [6.07, 6.45) is 10.0. The Kier molecular flexibility index (Phi) is 3.19. The largest absolute Gasteiger partial charge is 0.353 e. The molecule has 0 amide bonds. The predicted molar refractivity (Wildman–Crippen MR) is 86.4 cm³/mol. The fourth-order valence-electron chi connectivity index (χ4n) is 3.40. The molecule has 0 saturated heterocycles. The summed E-state index contributed by atoms with van der Waals surface area (Å²) in [6, 6.07) is 6.54. The molecule has 1 aliphatic carbocycles. The number of aliphatic imine (C=N–C) groups is 1. The zero-order valence-electron chi connectivity index (χ0n) is 12.6. The molecule has 1 atom stereocenters. The van der Waals surface area contributed by atoms with Gasteiger partial charge in [0, 0.05) is 24.5 Å². The van der Waals surface area contributed by atoms with E-state index in [9.17, 15) is 0 Å². The zero-order valence-corrected chi connectivity index (χ0v) is 12.6. The second-order valence-corrected chi connectivity index (χ2v) is 6.06. The van der Waals surface area contributed by atoms with Gasteiger partial charge in [-0.1, -0.05) is 18.2 Å². The molecular weight excluding hydrogens is 288 g/mol. The van der Waals surface area contributed by atoms with E-state index in [4.69, 9.17) is 10.3 Å². The van der Waals surface area contributed by atoms with Crippen LogP contribution in [0.5, 0.6) is 0 Å². The van der Waals surface area contributed by atoms with Gasteiger partial charge in [-0.05, 0) is 36.0 Å². The van der Waals surface area contributed by atoms with E-state index < -0.39 is 0 Å². The minimum Gasteiger partial charge on any atom is -0.353 e. The maximum Gasteiger partial charge on any atom is 0.205 e. The number of guanidine groups is 1. The van der Waals surface area contributed by atoms with E-state index in [0.29, 0.717) is 5.96 Å². The number of benzene rings is 1. The van der Waals surface area contributed by atoms with E-state index in [1.54, 1.807) is 6.33 Å².